The maximum atomic E-state index is 12.6. The van der Waals surface area contributed by atoms with Crippen molar-refractivity contribution in [2.45, 2.75) is 25.3 Å². The number of ether oxygens (including phenoxy) is 2. The number of nitrogens with zero attached hydrogens (tertiary/aromatic N) is 1. The number of rotatable bonds is 4. The van der Waals surface area contributed by atoms with Gasteiger partial charge in [0, 0.05) is 12.2 Å². The second-order valence-electron chi connectivity index (χ2n) is 5.63. The van der Waals surface area contributed by atoms with Crippen molar-refractivity contribution >= 4 is 17.7 Å². The monoisotopic (exact) mass is 331 g/mol. The van der Waals surface area contributed by atoms with Gasteiger partial charge in [-0.3, -0.25) is 14.4 Å². The van der Waals surface area contributed by atoms with Gasteiger partial charge < -0.3 is 18.5 Å². The summed E-state index contributed by atoms with van der Waals surface area (Å²) in [6.07, 6.45) is 0.181. The van der Waals surface area contributed by atoms with Gasteiger partial charge in [-0.25, -0.2) is 0 Å². The normalized spacial score (nSPS) is 15.0. The topological polar surface area (TPSA) is 87.7 Å². The van der Waals surface area contributed by atoms with E-state index in [1.54, 1.807) is 35.8 Å². The molecular weight excluding hydrogens is 314 g/mol. The van der Waals surface area contributed by atoms with Crippen molar-refractivity contribution in [2.75, 3.05) is 14.2 Å². The number of hydrogen-bond acceptors (Lipinski definition) is 6. The molecule has 0 bridgehead atoms. The SMILES string of the molecule is COC(=O)C1(C(=O)OC)CCn2c(C(=O)c3ccc(C)o3)ccc21. The highest BCUT2D eigenvalue weighted by atomic mass is 16.5. The summed E-state index contributed by atoms with van der Waals surface area (Å²) in [6, 6.07) is 6.47. The third-order valence-electron chi connectivity index (χ3n) is 4.39. The van der Waals surface area contributed by atoms with Gasteiger partial charge >= 0.3 is 11.9 Å². The predicted molar refractivity (Wildman–Crippen MR) is 81.6 cm³/mol. The van der Waals surface area contributed by atoms with Gasteiger partial charge in [-0.1, -0.05) is 0 Å². The zero-order chi connectivity index (χ0) is 17.5. The lowest BCUT2D eigenvalue weighted by molar-refractivity contribution is -0.161. The van der Waals surface area contributed by atoms with Crippen LogP contribution in [0.5, 0.6) is 0 Å². The lowest BCUT2D eigenvalue weighted by Gasteiger charge is -2.22. The minimum Gasteiger partial charge on any atom is -0.468 e. The minimum atomic E-state index is -1.54. The number of furan rings is 1. The fourth-order valence-electron chi connectivity index (χ4n) is 3.21. The van der Waals surface area contributed by atoms with E-state index in [4.69, 9.17) is 13.9 Å². The van der Waals surface area contributed by atoms with E-state index in [2.05, 4.69) is 0 Å². The lowest BCUT2D eigenvalue weighted by atomic mass is 9.83. The van der Waals surface area contributed by atoms with Crippen molar-refractivity contribution in [1.29, 1.82) is 0 Å². The van der Waals surface area contributed by atoms with Gasteiger partial charge in [0.05, 0.1) is 19.9 Å². The highest BCUT2D eigenvalue weighted by Crippen LogP contribution is 2.39. The van der Waals surface area contributed by atoms with Crippen LogP contribution in [-0.2, 0) is 31.0 Å². The molecule has 0 N–H and O–H groups in total. The van der Waals surface area contributed by atoms with Crippen LogP contribution in [0.3, 0.4) is 0 Å². The first-order valence-corrected chi connectivity index (χ1v) is 7.43. The third-order valence-corrected chi connectivity index (χ3v) is 4.39. The standard InChI is InChI=1S/C17H17NO6/c1-10-4-6-12(24-10)14(19)11-5-7-13-17(15(20)22-2,16(21)23-3)8-9-18(11)13/h4-7H,8-9H2,1-3H3. The lowest BCUT2D eigenvalue weighted by Crippen LogP contribution is -2.43. The summed E-state index contributed by atoms with van der Waals surface area (Å²) in [7, 11) is 2.44. The number of methoxy groups -OCH3 is 2. The molecule has 3 rings (SSSR count). The average Bonchev–Trinajstić information content (AvgIpc) is 3.28. The van der Waals surface area contributed by atoms with E-state index in [1.165, 1.54) is 14.2 Å². The molecule has 2 aromatic rings. The van der Waals surface area contributed by atoms with Crippen LogP contribution in [0.1, 0.15) is 34.1 Å². The van der Waals surface area contributed by atoms with E-state index in [0.717, 1.165) is 0 Å². The quantitative estimate of drug-likeness (QED) is 0.480. The van der Waals surface area contributed by atoms with Gasteiger partial charge in [-0.15, -0.1) is 0 Å². The van der Waals surface area contributed by atoms with Crippen LogP contribution in [0, 0.1) is 6.92 Å². The molecule has 0 fully saturated rings. The van der Waals surface area contributed by atoms with Crippen LogP contribution >= 0.6 is 0 Å². The van der Waals surface area contributed by atoms with E-state index >= 15 is 0 Å². The smallest absolute Gasteiger partial charge is 0.329 e. The molecular formula is C17H17NO6. The predicted octanol–water partition coefficient (Wildman–Crippen LogP) is 1.61. The second kappa shape index (κ2) is 5.67. The Morgan fingerprint density at radius 3 is 2.29 bits per heavy atom. The maximum Gasteiger partial charge on any atom is 0.329 e. The fourth-order valence-corrected chi connectivity index (χ4v) is 3.21. The van der Waals surface area contributed by atoms with Gasteiger partial charge in [0.2, 0.25) is 11.2 Å². The van der Waals surface area contributed by atoms with Crippen LogP contribution in [-0.4, -0.2) is 36.5 Å². The number of esters is 2. The Balaban J connectivity index is 2.08. The fraction of sp³-hybridized carbons (Fsp3) is 0.353. The van der Waals surface area contributed by atoms with Gasteiger partial charge in [-0.05, 0) is 37.6 Å². The molecule has 1 aliphatic rings. The highest BCUT2D eigenvalue weighted by molar-refractivity contribution is 6.09. The Morgan fingerprint density at radius 1 is 1.08 bits per heavy atom. The largest absolute Gasteiger partial charge is 0.468 e. The van der Waals surface area contributed by atoms with Gasteiger partial charge in [0.15, 0.2) is 5.76 Å². The number of carbonyl (C=O) groups is 3. The van der Waals surface area contributed by atoms with E-state index in [9.17, 15) is 14.4 Å². The Morgan fingerprint density at radius 2 is 1.75 bits per heavy atom. The first-order chi connectivity index (χ1) is 11.5. The molecule has 0 radical (unpaired) electrons. The van der Waals surface area contributed by atoms with E-state index in [1.807, 2.05) is 0 Å². The Kier molecular flexibility index (Phi) is 3.79. The van der Waals surface area contributed by atoms with Crippen molar-refractivity contribution in [1.82, 2.24) is 4.57 Å². The van der Waals surface area contributed by atoms with Crippen LogP contribution in [0.4, 0.5) is 0 Å². The van der Waals surface area contributed by atoms with Gasteiger partial charge in [-0.2, -0.15) is 0 Å². The van der Waals surface area contributed by atoms with E-state index in [0.29, 0.717) is 23.7 Å². The average molecular weight is 331 g/mol. The highest BCUT2D eigenvalue weighted by Gasteiger charge is 2.55. The first-order valence-electron chi connectivity index (χ1n) is 7.43. The van der Waals surface area contributed by atoms with Crippen molar-refractivity contribution in [3.63, 3.8) is 0 Å². The van der Waals surface area contributed by atoms with Crippen molar-refractivity contribution < 1.29 is 28.3 Å². The summed E-state index contributed by atoms with van der Waals surface area (Å²) in [5.41, 5.74) is -0.789. The summed E-state index contributed by atoms with van der Waals surface area (Å²) in [6.45, 7) is 2.08. The molecule has 0 atom stereocenters. The summed E-state index contributed by atoms with van der Waals surface area (Å²) in [5.74, 6) is -0.856. The van der Waals surface area contributed by atoms with E-state index in [-0.39, 0.29) is 18.0 Å². The minimum absolute atomic E-state index is 0.181. The number of ketones is 1. The molecule has 0 spiro atoms. The summed E-state index contributed by atoms with van der Waals surface area (Å²) in [5, 5.41) is 0. The van der Waals surface area contributed by atoms with Gasteiger partial charge in [0.1, 0.15) is 5.76 Å². The molecule has 0 aliphatic carbocycles. The number of aryl methyl sites for hydroxylation is 1. The van der Waals surface area contributed by atoms with Crippen LogP contribution < -0.4 is 0 Å². The molecule has 7 heteroatoms. The Hall–Kier alpha value is -2.83. The number of carbonyl (C=O) groups excluding carboxylic acids is 3. The molecule has 0 saturated heterocycles. The zero-order valence-electron chi connectivity index (χ0n) is 13.6. The molecule has 126 valence electrons. The number of hydrogen-bond donors (Lipinski definition) is 0. The number of aromatic nitrogens is 1. The Bertz CT molecular complexity index is 812. The molecule has 0 amide bonds. The molecule has 0 aromatic carbocycles. The summed E-state index contributed by atoms with van der Waals surface area (Å²) in [4.78, 5) is 37.2. The summed E-state index contributed by atoms with van der Waals surface area (Å²) >= 11 is 0. The van der Waals surface area contributed by atoms with Gasteiger partial charge in [0.25, 0.3) is 0 Å². The molecule has 2 aromatic heterocycles. The molecule has 3 heterocycles. The first kappa shape index (κ1) is 16.0. The van der Waals surface area contributed by atoms with Crippen LogP contribution in [0.2, 0.25) is 0 Å². The summed E-state index contributed by atoms with van der Waals surface area (Å²) < 4.78 is 16.7. The molecule has 0 saturated carbocycles. The van der Waals surface area contributed by atoms with Crippen molar-refractivity contribution in [2.24, 2.45) is 0 Å². The molecule has 7 nitrogen and oxygen atoms in total. The Labute approximate surface area is 138 Å². The molecule has 1 aliphatic heterocycles. The van der Waals surface area contributed by atoms with E-state index < -0.39 is 17.4 Å². The zero-order valence-corrected chi connectivity index (χ0v) is 13.6. The van der Waals surface area contributed by atoms with Crippen molar-refractivity contribution in [3.05, 3.63) is 47.2 Å². The second-order valence-corrected chi connectivity index (χ2v) is 5.63. The molecule has 24 heavy (non-hydrogen) atoms. The number of fused-ring (bicyclic) bond motifs is 1. The van der Waals surface area contributed by atoms with Crippen molar-refractivity contribution in [3.8, 4) is 0 Å². The maximum absolute atomic E-state index is 12.6. The van der Waals surface area contributed by atoms with Crippen LogP contribution in [0.15, 0.2) is 28.7 Å². The third kappa shape index (κ3) is 2.08. The molecule has 0 unspecified atom stereocenters. The van der Waals surface area contributed by atoms with Crippen LogP contribution in [0.25, 0.3) is 0 Å².